The maximum absolute atomic E-state index is 5.89. The zero-order valence-corrected chi connectivity index (χ0v) is 12.5. The number of aromatic nitrogens is 3. The molecule has 3 rings (SSSR count). The van der Waals surface area contributed by atoms with Gasteiger partial charge < -0.3 is 9.30 Å². The van der Waals surface area contributed by atoms with Gasteiger partial charge >= 0.3 is 0 Å². The topological polar surface area (TPSA) is 39.9 Å². The summed E-state index contributed by atoms with van der Waals surface area (Å²) in [5.41, 5.74) is 2.98. The Morgan fingerprint density at radius 2 is 2.00 bits per heavy atom. The van der Waals surface area contributed by atoms with E-state index in [1.807, 2.05) is 24.3 Å². The maximum atomic E-state index is 5.89. The molecule has 2 heterocycles. The molecule has 4 nitrogen and oxygen atoms in total. The van der Waals surface area contributed by atoms with Gasteiger partial charge in [-0.05, 0) is 29.8 Å². The third-order valence-electron chi connectivity index (χ3n) is 3.40. The van der Waals surface area contributed by atoms with Crippen LogP contribution < -0.4 is 4.74 Å². The molecule has 0 aliphatic heterocycles. The Labute approximate surface area is 128 Å². The number of methoxy groups -OCH3 is 1. The molecule has 0 spiro atoms. The largest absolute Gasteiger partial charge is 0.497 e. The molecule has 5 heteroatoms. The average molecular weight is 302 g/mol. The van der Waals surface area contributed by atoms with E-state index in [0.29, 0.717) is 5.88 Å². The summed E-state index contributed by atoms with van der Waals surface area (Å²) in [6, 6.07) is 11.9. The zero-order chi connectivity index (χ0) is 14.7. The van der Waals surface area contributed by atoms with Crippen molar-refractivity contribution >= 4 is 22.8 Å². The fourth-order valence-electron chi connectivity index (χ4n) is 2.36. The Hall–Kier alpha value is -2.07. The highest BCUT2D eigenvalue weighted by Crippen LogP contribution is 2.18. The minimum Gasteiger partial charge on any atom is -0.497 e. The lowest BCUT2D eigenvalue weighted by atomic mass is 10.2. The first-order valence-electron chi connectivity index (χ1n) is 6.81. The van der Waals surface area contributed by atoms with E-state index in [0.717, 1.165) is 35.7 Å². The lowest BCUT2D eigenvalue weighted by Crippen LogP contribution is -2.06. The van der Waals surface area contributed by atoms with Crippen molar-refractivity contribution in [1.29, 1.82) is 0 Å². The highest BCUT2D eigenvalue weighted by Gasteiger charge is 2.11. The van der Waals surface area contributed by atoms with Gasteiger partial charge in [0.15, 0.2) is 5.65 Å². The second kappa shape index (κ2) is 6.14. The molecule has 0 atom stereocenters. The number of hydrogen-bond acceptors (Lipinski definition) is 3. The monoisotopic (exact) mass is 301 g/mol. The molecule has 0 aliphatic rings. The fourth-order valence-corrected chi connectivity index (χ4v) is 2.53. The summed E-state index contributed by atoms with van der Waals surface area (Å²) in [4.78, 5) is 9.07. The van der Waals surface area contributed by atoms with Crippen molar-refractivity contribution in [3.8, 4) is 5.75 Å². The number of hydrogen-bond donors (Lipinski definition) is 0. The van der Waals surface area contributed by atoms with Crippen molar-refractivity contribution in [2.45, 2.75) is 13.0 Å². The van der Waals surface area contributed by atoms with Crippen molar-refractivity contribution in [2.75, 3.05) is 13.0 Å². The zero-order valence-electron chi connectivity index (χ0n) is 11.8. The molecule has 0 radical (unpaired) electrons. The van der Waals surface area contributed by atoms with E-state index in [4.69, 9.17) is 16.3 Å². The van der Waals surface area contributed by atoms with Crippen LogP contribution in [0.25, 0.3) is 11.2 Å². The van der Waals surface area contributed by atoms with E-state index in [2.05, 4.69) is 26.7 Å². The van der Waals surface area contributed by atoms with Crippen LogP contribution in [0.3, 0.4) is 0 Å². The fraction of sp³-hybridized carbons (Fsp3) is 0.250. The van der Waals surface area contributed by atoms with Gasteiger partial charge in [0.1, 0.15) is 17.1 Å². The highest BCUT2D eigenvalue weighted by atomic mass is 35.5. The molecular weight excluding hydrogens is 286 g/mol. The Kier molecular flexibility index (Phi) is 4.06. The van der Waals surface area contributed by atoms with Crippen LogP contribution in [0, 0.1) is 0 Å². The van der Waals surface area contributed by atoms with Gasteiger partial charge in [-0.25, -0.2) is 9.97 Å². The summed E-state index contributed by atoms with van der Waals surface area (Å²) >= 11 is 5.89. The summed E-state index contributed by atoms with van der Waals surface area (Å²) in [5.74, 6) is 2.37. The molecule has 0 unspecified atom stereocenters. The number of alkyl halides is 1. The molecule has 0 amide bonds. The van der Waals surface area contributed by atoms with Gasteiger partial charge in [0.25, 0.3) is 0 Å². The minimum absolute atomic E-state index is 0.548. The molecule has 2 aromatic heterocycles. The lowest BCUT2D eigenvalue weighted by Gasteiger charge is -2.08. The molecule has 0 saturated heterocycles. The standard InChI is InChI=1S/C16H16ClN3O/c1-21-13-6-4-12(5-7-13)11-20-15(8-9-17)19-14-3-2-10-18-16(14)20/h2-7,10H,8-9,11H2,1H3. The molecule has 21 heavy (non-hydrogen) atoms. The molecule has 0 fully saturated rings. The first-order chi connectivity index (χ1) is 10.3. The van der Waals surface area contributed by atoms with Gasteiger partial charge in [0.05, 0.1) is 13.7 Å². The van der Waals surface area contributed by atoms with Crippen LogP contribution in [0.1, 0.15) is 11.4 Å². The number of halogens is 1. The van der Waals surface area contributed by atoms with E-state index < -0.39 is 0 Å². The van der Waals surface area contributed by atoms with Crippen molar-refractivity contribution in [2.24, 2.45) is 0 Å². The molecule has 0 bridgehead atoms. The third-order valence-corrected chi connectivity index (χ3v) is 3.59. The quantitative estimate of drug-likeness (QED) is 0.679. The summed E-state index contributed by atoms with van der Waals surface area (Å²) in [6.07, 6.45) is 2.52. The van der Waals surface area contributed by atoms with Crippen LogP contribution in [0.5, 0.6) is 5.75 Å². The van der Waals surface area contributed by atoms with Crippen molar-refractivity contribution in [3.63, 3.8) is 0 Å². The molecule has 0 saturated carbocycles. The smallest absolute Gasteiger partial charge is 0.160 e. The Morgan fingerprint density at radius 3 is 2.71 bits per heavy atom. The molecule has 0 aliphatic carbocycles. The number of rotatable bonds is 5. The average Bonchev–Trinajstić information content (AvgIpc) is 2.86. The molecule has 1 aromatic carbocycles. The Balaban J connectivity index is 1.99. The molecule has 0 N–H and O–H groups in total. The van der Waals surface area contributed by atoms with Gasteiger partial charge in [-0.1, -0.05) is 12.1 Å². The molecule has 108 valence electrons. The first kappa shape index (κ1) is 13.9. The number of fused-ring (bicyclic) bond motifs is 1. The summed E-state index contributed by atoms with van der Waals surface area (Å²) in [6.45, 7) is 0.726. The first-order valence-corrected chi connectivity index (χ1v) is 7.34. The molecule has 3 aromatic rings. The summed E-state index contributed by atoms with van der Waals surface area (Å²) in [7, 11) is 1.67. The number of nitrogens with zero attached hydrogens (tertiary/aromatic N) is 3. The van der Waals surface area contributed by atoms with Crippen molar-refractivity contribution in [3.05, 3.63) is 54.0 Å². The van der Waals surface area contributed by atoms with Crippen molar-refractivity contribution < 1.29 is 4.74 Å². The number of ether oxygens (including phenoxy) is 1. The second-order valence-corrected chi connectivity index (χ2v) is 5.13. The van der Waals surface area contributed by atoms with Gasteiger partial charge in [-0.15, -0.1) is 11.6 Å². The lowest BCUT2D eigenvalue weighted by molar-refractivity contribution is 0.414. The normalized spacial score (nSPS) is 11.0. The van der Waals surface area contributed by atoms with Gasteiger partial charge in [-0.3, -0.25) is 0 Å². The highest BCUT2D eigenvalue weighted by molar-refractivity contribution is 6.17. The van der Waals surface area contributed by atoms with Gasteiger partial charge in [0.2, 0.25) is 0 Å². The van der Waals surface area contributed by atoms with E-state index in [-0.39, 0.29) is 0 Å². The third kappa shape index (κ3) is 2.85. The Morgan fingerprint density at radius 1 is 1.19 bits per heavy atom. The van der Waals surface area contributed by atoms with Crippen LogP contribution >= 0.6 is 11.6 Å². The van der Waals surface area contributed by atoms with Gasteiger partial charge in [0, 0.05) is 18.5 Å². The van der Waals surface area contributed by atoms with Crippen molar-refractivity contribution in [1.82, 2.24) is 14.5 Å². The van der Waals surface area contributed by atoms with Crippen LogP contribution in [0.15, 0.2) is 42.6 Å². The van der Waals surface area contributed by atoms with E-state index in [9.17, 15) is 0 Å². The van der Waals surface area contributed by atoms with Crippen LogP contribution in [-0.4, -0.2) is 27.5 Å². The predicted molar refractivity (Wildman–Crippen MR) is 84.0 cm³/mol. The number of imidazole rings is 1. The number of aryl methyl sites for hydroxylation is 1. The molecular formula is C16H16ClN3O. The van der Waals surface area contributed by atoms with E-state index in [1.54, 1.807) is 13.3 Å². The van der Waals surface area contributed by atoms with Crippen LogP contribution in [-0.2, 0) is 13.0 Å². The number of pyridine rings is 1. The summed E-state index contributed by atoms with van der Waals surface area (Å²) in [5, 5.41) is 0. The summed E-state index contributed by atoms with van der Waals surface area (Å²) < 4.78 is 7.31. The number of benzene rings is 1. The van der Waals surface area contributed by atoms with E-state index >= 15 is 0 Å². The minimum atomic E-state index is 0.548. The van der Waals surface area contributed by atoms with Gasteiger partial charge in [-0.2, -0.15) is 0 Å². The predicted octanol–water partition coefficient (Wildman–Crippen LogP) is 3.27. The Bertz CT molecular complexity index is 737. The SMILES string of the molecule is COc1ccc(Cn2c(CCCl)nc3cccnc32)cc1. The van der Waals surface area contributed by atoms with Crippen LogP contribution in [0.2, 0.25) is 0 Å². The van der Waals surface area contributed by atoms with E-state index in [1.165, 1.54) is 5.56 Å². The van der Waals surface area contributed by atoms with Crippen LogP contribution in [0.4, 0.5) is 0 Å². The maximum Gasteiger partial charge on any atom is 0.160 e. The second-order valence-electron chi connectivity index (χ2n) is 4.75.